The zero-order chi connectivity index (χ0) is 24.3. The molecule has 0 aliphatic carbocycles. The summed E-state index contributed by atoms with van der Waals surface area (Å²) in [6, 6.07) is 11.3. The molecule has 34 heavy (non-hydrogen) atoms. The summed E-state index contributed by atoms with van der Waals surface area (Å²) in [7, 11) is 1.60. The topological polar surface area (TPSA) is 121 Å². The van der Waals surface area contributed by atoms with E-state index in [4.69, 9.17) is 19.9 Å². The predicted molar refractivity (Wildman–Crippen MR) is 136 cm³/mol. The molecule has 0 atom stereocenters. The van der Waals surface area contributed by atoms with Crippen LogP contribution < -0.4 is 25.4 Å². The predicted octanol–water partition coefficient (Wildman–Crippen LogP) is 3.77. The van der Waals surface area contributed by atoms with Gasteiger partial charge in [-0.2, -0.15) is 5.10 Å². The number of hydrazone groups is 1. The highest BCUT2D eigenvalue weighted by atomic mass is 79.9. The molecule has 0 unspecified atom stereocenters. The highest BCUT2D eigenvalue weighted by molar-refractivity contribution is 9.10. The minimum absolute atomic E-state index is 0.0451. The standard InChI is InChI=1S/C23H24BrN5O4S/c1-3-4-15-5-7-19(20(11-15)31-2)33-10-9-32-18-8-6-17(24)12-16(18)14-26-27-21(30)13-22-28-29-23(25)34-22/h3,5-8,11-12,14H,1,4,9-10,13H2,2H3,(H2,25,29)(H,27,30). The summed E-state index contributed by atoms with van der Waals surface area (Å²) >= 11 is 4.59. The summed E-state index contributed by atoms with van der Waals surface area (Å²) in [4.78, 5) is 12.0. The number of aromatic nitrogens is 2. The maximum Gasteiger partial charge on any atom is 0.247 e. The van der Waals surface area contributed by atoms with Crippen LogP contribution in [-0.2, 0) is 17.6 Å². The molecule has 1 amide bonds. The first-order chi connectivity index (χ1) is 16.5. The number of nitrogens with zero attached hydrogens (tertiary/aromatic N) is 3. The van der Waals surface area contributed by atoms with Crippen LogP contribution in [0.5, 0.6) is 17.2 Å². The van der Waals surface area contributed by atoms with Gasteiger partial charge in [-0.05, 0) is 42.3 Å². The van der Waals surface area contributed by atoms with E-state index in [1.54, 1.807) is 7.11 Å². The first-order valence-electron chi connectivity index (χ1n) is 10.2. The smallest absolute Gasteiger partial charge is 0.247 e. The second-order valence-electron chi connectivity index (χ2n) is 6.86. The van der Waals surface area contributed by atoms with Crippen LogP contribution in [0.3, 0.4) is 0 Å². The van der Waals surface area contributed by atoms with Crippen molar-refractivity contribution in [3.63, 3.8) is 0 Å². The van der Waals surface area contributed by atoms with Gasteiger partial charge in [-0.15, -0.1) is 16.8 Å². The summed E-state index contributed by atoms with van der Waals surface area (Å²) < 4.78 is 18.0. The molecule has 3 rings (SSSR count). The number of amides is 1. The number of benzene rings is 2. The van der Waals surface area contributed by atoms with E-state index in [2.05, 4.69) is 43.2 Å². The molecule has 0 bridgehead atoms. The van der Waals surface area contributed by atoms with E-state index in [9.17, 15) is 4.79 Å². The van der Waals surface area contributed by atoms with Crippen molar-refractivity contribution in [1.29, 1.82) is 0 Å². The van der Waals surface area contributed by atoms with E-state index in [0.717, 1.165) is 27.8 Å². The van der Waals surface area contributed by atoms with Crippen molar-refractivity contribution in [2.45, 2.75) is 12.8 Å². The Kier molecular flexibility index (Phi) is 9.41. The molecule has 11 heteroatoms. The molecule has 3 N–H and O–H groups in total. The number of anilines is 1. The third kappa shape index (κ3) is 7.56. The van der Waals surface area contributed by atoms with Crippen molar-refractivity contribution in [2.75, 3.05) is 26.1 Å². The highest BCUT2D eigenvalue weighted by Gasteiger charge is 2.09. The second-order valence-corrected chi connectivity index (χ2v) is 8.87. The maximum absolute atomic E-state index is 12.0. The lowest BCUT2D eigenvalue weighted by atomic mass is 10.1. The van der Waals surface area contributed by atoms with Gasteiger partial charge in [-0.3, -0.25) is 4.79 Å². The molecule has 0 fully saturated rings. The van der Waals surface area contributed by atoms with Gasteiger partial charge in [-0.1, -0.05) is 39.4 Å². The Morgan fingerprint density at radius 3 is 2.65 bits per heavy atom. The third-order valence-corrected chi connectivity index (χ3v) is 5.61. The molecular weight excluding hydrogens is 522 g/mol. The van der Waals surface area contributed by atoms with Gasteiger partial charge in [-0.25, -0.2) is 5.43 Å². The quantitative estimate of drug-likeness (QED) is 0.154. The number of nitrogens with one attached hydrogen (secondary N) is 1. The van der Waals surface area contributed by atoms with Gasteiger partial charge in [0.15, 0.2) is 11.5 Å². The van der Waals surface area contributed by atoms with Gasteiger partial charge in [0.2, 0.25) is 11.0 Å². The van der Waals surface area contributed by atoms with Gasteiger partial charge in [0.25, 0.3) is 0 Å². The summed E-state index contributed by atoms with van der Waals surface area (Å²) in [5, 5.41) is 12.3. The van der Waals surface area contributed by atoms with Crippen LogP contribution in [-0.4, -0.2) is 42.6 Å². The molecule has 0 saturated carbocycles. The van der Waals surface area contributed by atoms with Crippen molar-refractivity contribution in [1.82, 2.24) is 15.6 Å². The summed E-state index contributed by atoms with van der Waals surface area (Å²) in [5.41, 5.74) is 9.76. The Balaban J connectivity index is 1.54. The summed E-state index contributed by atoms with van der Waals surface area (Å²) in [6.07, 6.45) is 4.14. The molecule has 0 aliphatic rings. The number of methoxy groups -OCH3 is 1. The average Bonchev–Trinajstić information content (AvgIpc) is 3.22. The fourth-order valence-corrected chi connectivity index (χ4v) is 3.86. The van der Waals surface area contributed by atoms with Gasteiger partial charge >= 0.3 is 0 Å². The summed E-state index contributed by atoms with van der Waals surface area (Å²) in [6.45, 7) is 4.36. The van der Waals surface area contributed by atoms with Gasteiger partial charge < -0.3 is 19.9 Å². The molecule has 1 heterocycles. The number of carbonyl (C=O) groups excluding carboxylic acids is 1. The molecule has 178 valence electrons. The molecule has 0 saturated heterocycles. The van der Waals surface area contributed by atoms with E-state index in [0.29, 0.717) is 46.2 Å². The highest BCUT2D eigenvalue weighted by Crippen LogP contribution is 2.28. The van der Waals surface area contributed by atoms with E-state index in [-0.39, 0.29) is 12.3 Å². The zero-order valence-electron chi connectivity index (χ0n) is 18.5. The Hall–Kier alpha value is -3.44. The van der Waals surface area contributed by atoms with Gasteiger partial charge in [0, 0.05) is 10.0 Å². The van der Waals surface area contributed by atoms with Crippen LogP contribution >= 0.6 is 27.3 Å². The van der Waals surface area contributed by atoms with Gasteiger partial charge in [0.05, 0.1) is 19.7 Å². The van der Waals surface area contributed by atoms with Crippen LogP contribution in [0.25, 0.3) is 0 Å². The zero-order valence-corrected chi connectivity index (χ0v) is 20.9. The van der Waals surface area contributed by atoms with Crippen LogP contribution in [0, 0.1) is 0 Å². The van der Waals surface area contributed by atoms with Gasteiger partial charge in [0.1, 0.15) is 24.0 Å². The van der Waals surface area contributed by atoms with E-state index in [1.807, 2.05) is 42.5 Å². The Bertz CT molecular complexity index is 1170. The third-order valence-electron chi connectivity index (χ3n) is 4.37. The van der Waals surface area contributed by atoms with Crippen molar-refractivity contribution in [3.05, 3.63) is 69.7 Å². The number of carbonyl (C=O) groups is 1. The number of hydrogen-bond acceptors (Lipinski definition) is 9. The Morgan fingerprint density at radius 2 is 1.94 bits per heavy atom. The Morgan fingerprint density at radius 1 is 1.18 bits per heavy atom. The van der Waals surface area contributed by atoms with Crippen molar-refractivity contribution >= 4 is 44.5 Å². The Labute approximate surface area is 209 Å². The largest absolute Gasteiger partial charge is 0.493 e. The number of nitrogen functional groups attached to an aromatic ring is 1. The number of halogens is 1. The first kappa shape index (κ1) is 25.2. The minimum Gasteiger partial charge on any atom is -0.493 e. The summed E-state index contributed by atoms with van der Waals surface area (Å²) in [5.74, 6) is 1.56. The van der Waals surface area contributed by atoms with Crippen LogP contribution in [0.1, 0.15) is 16.1 Å². The molecule has 0 aliphatic heterocycles. The lowest BCUT2D eigenvalue weighted by Crippen LogP contribution is -2.19. The number of nitrogens with two attached hydrogens (primary N) is 1. The second kappa shape index (κ2) is 12.7. The maximum atomic E-state index is 12.0. The number of rotatable bonds is 12. The lowest BCUT2D eigenvalue weighted by molar-refractivity contribution is -0.120. The lowest BCUT2D eigenvalue weighted by Gasteiger charge is -2.13. The molecule has 0 spiro atoms. The van der Waals surface area contributed by atoms with Crippen LogP contribution in [0.4, 0.5) is 5.13 Å². The fourth-order valence-electron chi connectivity index (χ4n) is 2.87. The number of ether oxygens (including phenoxy) is 3. The minimum atomic E-state index is -0.327. The average molecular weight is 546 g/mol. The molecule has 9 nitrogen and oxygen atoms in total. The first-order valence-corrected chi connectivity index (χ1v) is 11.8. The van der Waals surface area contributed by atoms with Crippen molar-refractivity contribution < 1.29 is 19.0 Å². The number of hydrogen-bond donors (Lipinski definition) is 2. The fraction of sp³-hybridized carbons (Fsp3) is 0.217. The van der Waals surface area contributed by atoms with Crippen molar-refractivity contribution in [2.24, 2.45) is 5.10 Å². The molecule has 2 aromatic carbocycles. The monoisotopic (exact) mass is 545 g/mol. The van der Waals surface area contributed by atoms with Crippen molar-refractivity contribution in [3.8, 4) is 17.2 Å². The van der Waals surface area contributed by atoms with Crippen LogP contribution in [0.2, 0.25) is 0 Å². The molecule has 1 aromatic heterocycles. The van der Waals surface area contributed by atoms with Crippen LogP contribution in [0.15, 0.2) is 58.6 Å². The van der Waals surface area contributed by atoms with E-state index < -0.39 is 0 Å². The molecule has 3 aromatic rings. The van der Waals surface area contributed by atoms with E-state index >= 15 is 0 Å². The normalized spacial score (nSPS) is 10.8. The number of allylic oxidation sites excluding steroid dienone is 1. The molecule has 0 radical (unpaired) electrons. The SMILES string of the molecule is C=CCc1ccc(OCCOc2ccc(Br)cc2C=NNC(=O)Cc2nnc(N)s2)c(OC)c1. The molecular formula is C23H24BrN5O4S. The van der Waals surface area contributed by atoms with E-state index in [1.165, 1.54) is 6.21 Å².